The highest BCUT2D eigenvalue weighted by molar-refractivity contribution is 5.80. The summed E-state index contributed by atoms with van der Waals surface area (Å²) < 4.78 is 0. The molecule has 1 atom stereocenters. The summed E-state index contributed by atoms with van der Waals surface area (Å²) in [6.45, 7) is 8.58. The lowest BCUT2D eigenvalue weighted by atomic mass is 9.87. The van der Waals surface area contributed by atoms with Gasteiger partial charge >= 0.3 is 0 Å². The van der Waals surface area contributed by atoms with E-state index in [-0.39, 0.29) is 5.92 Å². The van der Waals surface area contributed by atoms with Crippen molar-refractivity contribution in [3.05, 3.63) is 88.6 Å². The molecule has 4 nitrogen and oxygen atoms in total. The lowest BCUT2D eigenvalue weighted by Crippen LogP contribution is -2.49. The molecule has 31 heavy (non-hydrogen) atoms. The van der Waals surface area contributed by atoms with Crippen molar-refractivity contribution in [2.75, 3.05) is 31.1 Å². The van der Waals surface area contributed by atoms with Crippen molar-refractivity contribution >= 4 is 23.1 Å². The van der Waals surface area contributed by atoms with Crippen molar-refractivity contribution in [3.63, 3.8) is 0 Å². The minimum Gasteiger partial charge on any atom is -0.511 e. The predicted octanol–water partition coefficient (Wildman–Crippen LogP) is 3.27. The van der Waals surface area contributed by atoms with Crippen LogP contribution in [0.25, 0.3) is 17.4 Å². The summed E-state index contributed by atoms with van der Waals surface area (Å²) in [5, 5.41) is 13.0. The molecular weight excluding hydrogens is 382 g/mol. The van der Waals surface area contributed by atoms with Crippen molar-refractivity contribution in [1.82, 2.24) is 9.88 Å². The molecule has 0 saturated carbocycles. The number of rotatable bonds is 3. The van der Waals surface area contributed by atoms with Crippen LogP contribution < -0.4 is 15.5 Å². The smallest absolute Gasteiger partial charge is 0.113 e. The molecule has 4 heteroatoms. The first-order chi connectivity index (χ1) is 15.1. The summed E-state index contributed by atoms with van der Waals surface area (Å²) in [7, 11) is 0. The maximum atomic E-state index is 11.3. The summed E-state index contributed by atoms with van der Waals surface area (Å²) >= 11 is 0. The molecule has 1 unspecified atom stereocenters. The van der Waals surface area contributed by atoms with Gasteiger partial charge in [-0.05, 0) is 42.7 Å². The molecular formula is C27H29N3O. The monoisotopic (exact) mass is 411 g/mol. The Bertz CT molecular complexity index is 1180. The van der Waals surface area contributed by atoms with Gasteiger partial charge < -0.3 is 10.0 Å². The van der Waals surface area contributed by atoms with E-state index in [0.29, 0.717) is 11.8 Å². The fourth-order valence-corrected chi connectivity index (χ4v) is 4.65. The molecule has 5 rings (SSSR count). The van der Waals surface area contributed by atoms with Crippen LogP contribution in [0.2, 0.25) is 0 Å². The minimum atomic E-state index is -0.160. The van der Waals surface area contributed by atoms with Crippen LogP contribution in [0.15, 0.2) is 72.5 Å². The molecule has 2 aromatic rings. The van der Waals surface area contributed by atoms with E-state index in [9.17, 15) is 5.11 Å². The van der Waals surface area contributed by atoms with Gasteiger partial charge in [0.2, 0.25) is 0 Å². The van der Waals surface area contributed by atoms with Crippen LogP contribution in [0.5, 0.6) is 0 Å². The Balaban J connectivity index is 1.51. The molecule has 1 aromatic heterocycles. The van der Waals surface area contributed by atoms with E-state index in [0.717, 1.165) is 59.1 Å². The van der Waals surface area contributed by atoms with Gasteiger partial charge in [-0.15, -0.1) is 0 Å². The van der Waals surface area contributed by atoms with Crippen LogP contribution in [0, 0.1) is 5.92 Å². The number of aromatic nitrogens is 1. The lowest BCUT2D eigenvalue weighted by Gasteiger charge is -2.38. The number of allylic oxidation sites excluding steroid dienone is 4. The van der Waals surface area contributed by atoms with Gasteiger partial charge in [-0.1, -0.05) is 54.6 Å². The van der Waals surface area contributed by atoms with Crippen molar-refractivity contribution in [2.45, 2.75) is 19.9 Å². The fraction of sp³-hybridized carbons (Fsp3) is 0.296. The molecule has 0 radical (unpaired) electrons. The molecule has 0 bridgehead atoms. The zero-order chi connectivity index (χ0) is 21.4. The topological polar surface area (TPSA) is 39.6 Å². The van der Waals surface area contributed by atoms with Gasteiger partial charge in [0.25, 0.3) is 0 Å². The highest BCUT2D eigenvalue weighted by atomic mass is 16.3. The number of benzene rings is 1. The van der Waals surface area contributed by atoms with Gasteiger partial charge in [0, 0.05) is 37.4 Å². The zero-order valence-electron chi connectivity index (χ0n) is 18.2. The van der Waals surface area contributed by atoms with Crippen LogP contribution in [-0.2, 0) is 0 Å². The van der Waals surface area contributed by atoms with Crippen molar-refractivity contribution < 1.29 is 5.11 Å². The molecule has 0 amide bonds. The van der Waals surface area contributed by atoms with Gasteiger partial charge in [0.1, 0.15) is 5.76 Å². The quantitative estimate of drug-likeness (QED) is 0.842. The molecule has 1 aromatic carbocycles. The first-order valence-electron chi connectivity index (χ1n) is 11.2. The fourth-order valence-electron chi connectivity index (χ4n) is 4.65. The predicted molar refractivity (Wildman–Crippen MR) is 128 cm³/mol. The van der Waals surface area contributed by atoms with Crippen molar-refractivity contribution in [2.24, 2.45) is 5.92 Å². The Morgan fingerprint density at radius 2 is 1.77 bits per heavy atom. The van der Waals surface area contributed by atoms with Gasteiger partial charge in [0.05, 0.1) is 23.2 Å². The molecule has 2 heterocycles. The number of aliphatic hydroxyl groups excluding tert-OH is 1. The third kappa shape index (κ3) is 3.84. The summed E-state index contributed by atoms with van der Waals surface area (Å²) in [5.74, 6) is 0.218. The number of piperazine rings is 1. The highest BCUT2D eigenvalue weighted by Crippen LogP contribution is 2.32. The largest absolute Gasteiger partial charge is 0.511 e. The number of aliphatic hydroxyl groups is 1. The first kappa shape index (κ1) is 19.8. The average molecular weight is 412 g/mol. The van der Waals surface area contributed by atoms with E-state index in [4.69, 9.17) is 4.98 Å². The average Bonchev–Trinajstić information content (AvgIpc) is 2.96. The number of nitrogens with zero attached hydrogens (tertiary/aromatic N) is 3. The molecule has 2 aliphatic carbocycles. The van der Waals surface area contributed by atoms with Crippen LogP contribution in [-0.4, -0.2) is 47.2 Å². The van der Waals surface area contributed by atoms with E-state index in [1.165, 1.54) is 0 Å². The SMILES string of the molecule is CC(C)N1CCN(c2cnc3c(c2)=C(O)C2C=C(c4ccccc4)C=CC2=CC=3)CC1. The second-order valence-corrected chi connectivity index (χ2v) is 8.76. The van der Waals surface area contributed by atoms with Crippen molar-refractivity contribution in [3.8, 4) is 0 Å². The Labute approximate surface area is 183 Å². The minimum absolute atomic E-state index is 0.160. The normalized spacial score (nSPS) is 21.1. The third-order valence-electron chi connectivity index (χ3n) is 6.59. The number of hydrogen-bond donors (Lipinski definition) is 1. The van der Waals surface area contributed by atoms with E-state index in [1.54, 1.807) is 0 Å². The first-order valence-corrected chi connectivity index (χ1v) is 11.2. The number of fused-ring (bicyclic) bond motifs is 2. The Morgan fingerprint density at radius 1 is 1.00 bits per heavy atom. The van der Waals surface area contributed by atoms with Crippen LogP contribution in [0.1, 0.15) is 19.4 Å². The molecule has 1 N–H and O–H groups in total. The summed E-state index contributed by atoms with van der Waals surface area (Å²) in [6.07, 6.45) is 12.4. The van der Waals surface area contributed by atoms with Gasteiger partial charge in [-0.2, -0.15) is 0 Å². The summed E-state index contributed by atoms with van der Waals surface area (Å²) in [6, 6.07) is 13.0. The van der Waals surface area contributed by atoms with E-state index >= 15 is 0 Å². The van der Waals surface area contributed by atoms with Gasteiger partial charge in [-0.3, -0.25) is 9.88 Å². The zero-order valence-corrected chi connectivity index (χ0v) is 18.2. The maximum absolute atomic E-state index is 11.3. The number of pyridine rings is 1. The van der Waals surface area contributed by atoms with Gasteiger partial charge in [0.15, 0.2) is 0 Å². The van der Waals surface area contributed by atoms with Gasteiger partial charge in [-0.25, -0.2) is 0 Å². The number of hydrogen-bond acceptors (Lipinski definition) is 4. The molecule has 0 spiro atoms. The van der Waals surface area contributed by atoms with E-state index in [1.807, 2.05) is 30.5 Å². The Morgan fingerprint density at radius 3 is 2.52 bits per heavy atom. The Hall–Kier alpha value is -3.11. The molecule has 1 aliphatic heterocycles. The Kier molecular flexibility index (Phi) is 5.24. The molecule has 1 fully saturated rings. The lowest BCUT2D eigenvalue weighted by molar-refractivity contribution is 0.209. The van der Waals surface area contributed by atoms with E-state index < -0.39 is 0 Å². The maximum Gasteiger partial charge on any atom is 0.113 e. The third-order valence-corrected chi connectivity index (χ3v) is 6.59. The molecule has 1 saturated heterocycles. The standard InChI is InChI=1S/C27H29N3O/c1-19(2)29-12-14-30(15-13-29)23-17-25-26(28-18-23)11-10-21-8-9-22(16-24(21)27(25)31)20-6-4-3-5-7-20/h3-11,16-19,24,31H,12-15H2,1-2H3. The summed E-state index contributed by atoms with van der Waals surface area (Å²) in [4.78, 5) is 9.60. The van der Waals surface area contributed by atoms with Crippen molar-refractivity contribution in [1.29, 1.82) is 0 Å². The number of anilines is 1. The second kappa shape index (κ2) is 8.20. The van der Waals surface area contributed by atoms with Crippen LogP contribution in [0.4, 0.5) is 5.69 Å². The highest BCUT2D eigenvalue weighted by Gasteiger charge is 2.23. The molecule has 3 aliphatic rings. The van der Waals surface area contributed by atoms with Crippen LogP contribution in [0.3, 0.4) is 0 Å². The second-order valence-electron chi connectivity index (χ2n) is 8.76. The van der Waals surface area contributed by atoms with Crippen LogP contribution >= 0.6 is 0 Å². The summed E-state index contributed by atoms with van der Waals surface area (Å²) in [5.41, 5.74) is 4.46. The van der Waals surface area contributed by atoms with E-state index in [2.05, 4.69) is 66.2 Å². The molecule has 158 valence electrons.